The van der Waals surface area contributed by atoms with Gasteiger partial charge in [-0.3, -0.25) is 14.7 Å². The van der Waals surface area contributed by atoms with Crippen LogP contribution in [0.4, 0.5) is 0 Å². The summed E-state index contributed by atoms with van der Waals surface area (Å²) in [7, 11) is 4.05. The van der Waals surface area contributed by atoms with Crippen LogP contribution < -0.4 is 0 Å². The molecule has 0 spiro atoms. The number of carbonyl (C=O) groups excluding carboxylic acids is 1. The van der Waals surface area contributed by atoms with E-state index in [9.17, 15) is 4.79 Å². The van der Waals surface area contributed by atoms with Gasteiger partial charge in [0.15, 0.2) is 0 Å². The molecule has 24 heavy (non-hydrogen) atoms. The molecule has 1 amide bonds. The molecule has 0 radical (unpaired) electrons. The lowest BCUT2D eigenvalue weighted by atomic mass is 9.94. The van der Waals surface area contributed by atoms with Gasteiger partial charge in [0, 0.05) is 32.0 Å². The number of aromatic nitrogens is 2. The third-order valence-electron chi connectivity index (χ3n) is 4.75. The first-order valence-corrected chi connectivity index (χ1v) is 9.08. The van der Waals surface area contributed by atoms with Crippen molar-refractivity contribution in [1.82, 2.24) is 19.8 Å². The van der Waals surface area contributed by atoms with Crippen molar-refractivity contribution >= 4 is 17.2 Å². The third-order valence-corrected chi connectivity index (χ3v) is 5.81. The fraction of sp³-hybridized carbons (Fsp3) is 0.500. The molecule has 0 aliphatic carbocycles. The van der Waals surface area contributed by atoms with Crippen LogP contribution in [0.5, 0.6) is 0 Å². The maximum atomic E-state index is 12.8. The number of amides is 1. The van der Waals surface area contributed by atoms with Crippen LogP contribution >= 0.6 is 11.3 Å². The molecule has 2 aromatic heterocycles. The minimum absolute atomic E-state index is 0.0811. The molecule has 2 aromatic rings. The van der Waals surface area contributed by atoms with E-state index in [1.807, 2.05) is 38.1 Å². The number of thiazole rings is 1. The highest BCUT2D eigenvalue weighted by atomic mass is 32.1. The first-order valence-electron chi connectivity index (χ1n) is 8.27. The lowest BCUT2D eigenvalue weighted by Crippen LogP contribution is -2.34. The molecule has 0 N–H and O–H groups in total. The van der Waals surface area contributed by atoms with E-state index in [1.54, 1.807) is 6.20 Å². The summed E-state index contributed by atoms with van der Waals surface area (Å²) in [5.41, 5.74) is 2.06. The van der Waals surface area contributed by atoms with E-state index in [0.29, 0.717) is 12.0 Å². The van der Waals surface area contributed by atoms with Crippen molar-refractivity contribution in [3.8, 4) is 0 Å². The highest BCUT2D eigenvalue weighted by Crippen LogP contribution is 2.36. The molecule has 2 atom stereocenters. The van der Waals surface area contributed by atoms with E-state index in [4.69, 9.17) is 0 Å². The van der Waals surface area contributed by atoms with Gasteiger partial charge < -0.3 is 4.90 Å². The Morgan fingerprint density at radius 2 is 2.25 bits per heavy atom. The summed E-state index contributed by atoms with van der Waals surface area (Å²) < 4.78 is 0. The van der Waals surface area contributed by atoms with E-state index in [2.05, 4.69) is 28.0 Å². The summed E-state index contributed by atoms with van der Waals surface area (Å²) in [5, 5.41) is 0.943. The van der Waals surface area contributed by atoms with E-state index < -0.39 is 0 Å². The van der Waals surface area contributed by atoms with Crippen molar-refractivity contribution < 1.29 is 4.79 Å². The average molecular weight is 344 g/mol. The zero-order chi connectivity index (χ0) is 17.3. The Morgan fingerprint density at radius 1 is 1.46 bits per heavy atom. The van der Waals surface area contributed by atoms with Crippen molar-refractivity contribution in [2.45, 2.75) is 26.3 Å². The highest BCUT2D eigenvalue weighted by molar-refractivity contribution is 7.13. The Hall–Kier alpha value is -1.79. The molecule has 0 saturated carbocycles. The maximum absolute atomic E-state index is 12.8. The number of rotatable bonds is 4. The molecular weight excluding hydrogens is 320 g/mol. The number of carbonyl (C=O) groups is 1. The van der Waals surface area contributed by atoms with Gasteiger partial charge in [0.05, 0.1) is 10.7 Å². The van der Waals surface area contributed by atoms with Gasteiger partial charge in [-0.25, -0.2) is 4.98 Å². The van der Waals surface area contributed by atoms with Crippen LogP contribution in [-0.4, -0.2) is 52.9 Å². The third kappa shape index (κ3) is 3.35. The zero-order valence-electron chi connectivity index (χ0n) is 14.7. The van der Waals surface area contributed by atoms with Gasteiger partial charge in [-0.15, -0.1) is 11.3 Å². The topological polar surface area (TPSA) is 49.3 Å². The Morgan fingerprint density at radius 3 is 2.88 bits per heavy atom. The van der Waals surface area contributed by atoms with E-state index in [-0.39, 0.29) is 5.91 Å². The fourth-order valence-electron chi connectivity index (χ4n) is 3.63. The minimum atomic E-state index is 0.0811. The van der Waals surface area contributed by atoms with Crippen molar-refractivity contribution in [2.75, 3.05) is 27.2 Å². The van der Waals surface area contributed by atoms with Gasteiger partial charge in [-0.1, -0.05) is 6.07 Å². The first kappa shape index (κ1) is 17.0. The Bertz CT molecular complexity index is 715. The molecule has 0 bridgehead atoms. The lowest BCUT2D eigenvalue weighted by molar-refractivity contribution is 0.0764. The molecule has 1 aliphatic heterocycles. The number of nitrogens with zero attached hydrogens (tertiary/aromatic N) is 4. The van der Waals surface area contributed by atoms with Crippen LogP contribution in [0.3, 0.4) is 0 Å². The molecule has 6 heteroatoms. The second-order valence-corrected chi connectivity index (χ2v) is 7.80. The van der Waals surface area contributed by atoms with Crippen LogP contribution in [-0.2, 0) is 0 Å². The van der Waals surface area contributed by atoms with Crippen molar-refractivity contribution in [3.05, 3.63) is 45.7 Å². The second-order valence-electron chi connectivity index (χ2n) is 6.59. The van der Waals surface area contributed by atoms with Crippen LogP contribution in [0.25, 0.3) is 0 Å². The van der Waals surface area contributed by atoms with Crippen molar-refractivity contribution in [2.24, 2.45) is 5.92 Å². The molecule has 3 heterocycles. The Labute approximate surface area is 147 Å². The van der Waals surface area contributed by atoms with E-state index in [1.165, 1.54) is 16.9 Å². The monoisotopic (exact) mass is 344 g/mol. The standard InChI is InChI=1S/C18H24N4OS/c1-12-17(24-13(2)20-12)18(23)22(4)11-15-7-9-21(3)16(15)14-6-5-8-19-10-14/h5-6,8,10,15-16H,7,9,11H2,1-4H3/t15-,16-/m0/s1. The summed E-state index contributed by atoms with van der Waals surface area (Å²) in [6, 6.07) is 4.43. The predicted molar refractivity (Wildman–Crippen MR) is 96.3 cm³/mol. The predicted octanol–water partition coefficient (Wildman–Crippen LogP) is 2.92. The summed E-state index contributed by atoms with van der Waals surface area (Å²) in [4.78, 5) is 26.4. The Balaban J connectivity index is 1.74. The van der Waals surface area contributed by atoms with Gasteiger partial charge in [0.1, 0.15) is 4.88 Å². The van der Waals surface area contributed by atoms with Gasteiger partial charge in [-0.2, -0.15) is 0 Å². The number of hydrogen-bond acceptors (Lipinski definition) is 5. The second kappa shape index (κ2) is 6.99. The van der Waals surface area contributed by atoms with Crippen molar-refractivity contribution in [3.63, 3.8) is 0 Å². The summed E-state index contributed by atoms with van der Waals surface area (Å²) in [6.07, 6.45) is 4.84. The molecule has 5 nitrogen and oxygen atoms in total. The quantitative estimate of drug-likeness (QED) is 0.856. The number of likely N-dealkylation sites (tertiary alicyclic amines) is 1. The van der Waals surface area contributed by atoms with Crippen LogP contribution in [0.15, 0.2) is 24.5 Å². The van der Waals surface area contributed by atoms with E-state index >= 15 is 0 Å². The molecule has 0 aromatic carbocycles. The van der Waals surface area contributed by atoms with Gasteiger partial charge in [0.25, 0.3) is 5.91 Å². The molecule has 1 saturated heterocycles. The normalized spacial score (nSPS) is 21.2. The lowest BCUT2D eigenvalue weighted by Gasteiger charge is -2.28. The van der Waals surface area contributed by atoms with Crippen LogP contribution in [0.1, 0.15) is 38.4 Å². The SMILES string of the molecule is Cc1nc(C)c(C(=O)N(C)C[C@@H]2CCN(C)[C@H]2c2cccnc2)s1. The summed E-state index contributed by atoms with van der Waals surface area (Å²) in [5.74, 6) is 0.500. The van der Waals surface area contributed by atoms with Gasteiger partial charge in [0.2, 0.25) is 0 Å². The summed E-state index contributed by atoms with van der Waals surface area (Å²) in [6.45, 7) is 5.65. The number of aryl methyl sites for hydroxylation is 2. The Kier molecular flexibility index (Phi) is 4.96. The van der Waals surface area contributed by atoms with Gasteiger partial charge in [-0.05, 0) is 51.4 Å². The van der Waals surface area contributed by atoms with Crippen LogP contribution in [0.2, 0.25) is 0 Å². The highest BCUT2D eigenvalue weighted by Gasteiger charge is 2.34. The molecule has 1 aliphatic rings. The molecular formula is C18H24N4OS. The zero-order valence-corrected chi connectivity index (χ0v) is 15.5. The smallest absolute Gasteiger partial charge is 0.265 e. The average Bonchev–Trinajstić information content (AvgIpc) is 3.09. The van der Waals surface area contributed by atoms with Gasteiger partial charge >= 0.3 is 0 Å². The number of pyridine rings is 1. The molecule has 128 valence electrons. The molecule has 1 fully saturated rings. The maximum Gasteiger partial charge on any atom is 0.265 e. The molecule has 3 rings (SSSR count). The molecule has 0 unspecified atom stereocenters. The number of hydrogen-bond donors (Lipinski definition) is 0. The van der Waals surface area contributed by atoms with Crippen molar-refractivity contribution in [1.29, 1.82) is 0 Å². The largest absolute Gasteiger partial charge is 0.341 e. The van der Waals surface area contributed by atoms with E-state index in [0.717, 1.165) is 35.1 Å². The van der Waals surface area contributed by atoms with Crippen LogP contribution in [0, 0.1) is 19.8 Å². The first-order chi connectivity index (χ1) is 11.5. The fourth-order valence-corrected chi connectivity index (χ4v) is 4.55. The summed E-state index contributed by atoms with van der Waals surface area (Å²) >= 11 is 1.48. The minimum Gasteiger partial charge on any atom is -0.341 e.